The van der Waals surface area contributed by atoms with E-state index in [0.717, 1.165) is 81.0 Å². The molecule has 0 saturated carbocycles. The topological polar surface area (TPSA) is 58.6 Å². The third-order valence-electron chi connectivity index (χ3n) is 6.14. The molecule has 1 aromatic carbocycles. The first-order valence-corrected chi connectivity index (χ1v) is 10.4. The van der Waals surface area contributed by atoms with Crippen LogP contribution in [0.1, 0.15) is 31.4 Å². The van der Waals surface area contributed by atoms with Crippen LogP contribution in [0.2, 0.25) is 0 Å². The van der Waals surface area contributed by atoms with E-state index in [2.05, 4.69) is 15.9 Å². The second kappa shape index (κ2) is 8.43. The van der Waals surface area contributed by atoms with Crippen LogP contribution in [0.4, 0.5) is 5.95 Å². The van der Waals surface area contributed by atoms with E-state index < -0.39 is 0 Å². The number of likely N-dealkylation sites (tertiary alicyclic amines) is 1. The molecule has 0 aliphatic carbocycles. The van der Waals surface area contributed by atoms with Gasteiger partial charge in [0.2, 0.25) is 11.9 Å². The number of piperidine rings is 2. The number of ether oxygens (including phenoxy) is 1. The van der Waals surface area contributed by atoms with Gasteiger partial charge in [-0.25, -0.2) is 9.97 Å². The van der Waals surface area contributed by atoms with Gasteiger partial charge in [-0.05, 0) is 44.6 Å². The zero-order valence-electron chi connectivity index (χ0n) is 16.9. The first-order valence-electron chi connectivity index (χ1n) is 10.4. The van der Waals surface area contributed by atoms with E-state index in [4.69, 9.17) is 14.7 Å². The lowest BCUT2D eigenvalue weighted by Gasteiger charge is -2.37. The molecule has 3 heterocycles. The van der Waals surface area contributed by atoms with Crippen LogP contribution in [0.25, 0.3) is 10.9 Å². The smallest absolute Gasteiger partial charge is 0.226 e. The van der Waals surface area contributed by atoms with Gasteiger partial charge in [-0.15, -0.1) is 0 Å². The lowest BCUT2D eigenvalue weighted by molar-refractivity contribution is -0.138. The Balaban J connectivity index is 1.39. The fraction of sp³-hybridized carbons (Fsp3) is 0.591. The molecule has 2 saturated heterocycles. The first kappa shape index (κ1) is 19.1. The minimum Gasteiger partial charge on any atom is -0.384 e. The van der Waals surface area contributed by atoms with E-state index in [1.54, 1.807) is 7.11 Å². The number of para-hydroxylation sites is 1. The Morgan fingerprint density at radius 2 is 1.93 bits per heavy atom. The van der Waals surface area contributed by atoms with E-state index in [1.807, 2.05) is 25.1 Å². The van der Waals surface area contributed by atoms with Crippen LogP contribution in [0, 0.1) is 18.8 Å². The number of methoxy groups -OCH3 is 1. The SMILES string of the molecule is COCC1CCCN(C(=O)C2CCN(c3nc(C)c4ccccc4n3)CC2)C1. The molecular weight excluding hydrogens is 352 g/mol. The number of aryl methyl sites for hydroxylation is 1. The van der Waals surface area contributed by atoms with Gasteiger partial charge in [0.05, 0.1) is 17.8 Å². The normalized spacial score (nSPS) is 21.3. The fourth-order valence-electron chi connectivity index (χ4n) is 4.58. The van der Waals surface area contributed by atoms with Gasteiger partial charge >= 0.3 is 0 Å². The van der Waals surface area contributed by atoms with Crippen molar-refractivity contribution in [1.82, 2.24) is 14.9 Å². The summed E-state index contributed by atoms with van der Waals surface area (Å²) in [5, 5.41) is 1.10. The van der Waals surface area contributed by atoms with Gasteiger partial charge in [0.1, 0.15) is 0 Å². The second-order valence-electron chi connectivity index (χ2n) is 8.14. The average molecular weight is 383 g/mol. The van der Waals surface area contributed by atoms with Crippen LogP contribution >= 0.6 is 0 Å². The number of amides is 1. The quantitative estimate of drug-likeness (QED) is 0.813. The molecule has 6 nitrogen and oxygen atoms in total. The molecule has 2 aliphatic rings. The second-order valence-corrected chi connectivity index (χ2v) is 8.14. The molecule has 6 heteroatoms. The van der Waals surface area contributed by atoms with Crippen molar-refractivity contribution >= 4 is 22.8 Å². The van der Waals surface area contributed by atoms with Crippen LogP contribution in [0.3, 0.4) is 0 Å². The molecule has 1 unspecified atom stereocenters. The number of fused-ring (bicyclic) bond motifs is 1. The molecule has 150 valence electrons. The van der Waals surface area contributed by atoms with Crippen molar-refractivity contribution in [2.45, 2.75) is 32.6 Å². The molecule has 0 radical (unpaired) electrons. The third kappa shape index (κ3) is 3.97. The molecule has 2 aliphatic heterocycles. The molecule has 0 bridgehead atoms. The van der Waals surface area contributed by atoms with Crippen LogP contribution in [0.15, 0.2) is 24.3 Å². The van der Waals surface area contributed by atoms with Crippen molar-refractivity contribution < 1.29 is 9.53 Å². The summed E-state index contributed by atoms with van der Waals surface area (Å²) in [6.45, 7) is 6.20. The summed E-state index contributed by atoms with van der Waals surface area (Å²) in [5.41, 5.74) is 2.00. The summed E-state index contributed by atoms with van der Waals surface area (Å²) in [4.78, 5) is 26.8. The monoisotopic (exact) mass is 382 g/mol. The van der Waals surface area contributed by atoms with Crippen LogP contribution in [-0.4, -0.2) is 60.7 Å². The molecule has 1 atom stereocenters. The van der Waals surface area contributed by atoms with Crippen molar-refractivity contribution in [1.29, 1.82) is 0 Å². The number of carbonyl (C=O) groups excluding carboxylic acids is 1. The number of aromatic nitrogens is 2. The Hall–Kier alpha value is -2.21. The van der Waals surface area contributed by atoms with Gasteiger partial charge < -0.3 is 14.5 Å². The zero-order valence-corrected chi connectivity index (χ0v) is 16.9. The van der Waals surface area contributed by atoms with Crippen molar-refractivity contribution in [3.8, 4) is 0 Å². The van der Waals surface area contributed by atoms with Gasteiger partial charge in [-0.2, -0.15) is 0 Å². The summed E-state index contributed by atoms with van der Waals surface area (Å²) in [6, 6.07) is 8.14. The molecule has 0 N–H and O–H groups in total. The maximum atomic E-state index is 13.0. The number of carbonyl (C=O) groups is 1. The Morgan fingerprint density at radius 1 is 1.14 bits per heavy atom. The highest BCUT2D eigenvalue weighted by Gasteiger charge is 2.32. The minimum absolute atomic E-state index is 0.124. The first-order chi connectivity index (χ1) is 13.7. The number of hydrogen-bond donors (Lipinski definition) is 0. The Labute approximate surface area is 166 Å². The van der Waals surface area contributed by atoms with Crippen LogP contribution in [0.5, 0.6) is 0 Å². The van der Waals surface area contributed by atoms with Gasteiger partial charge in [-0.1, -0.05) is 18.2 Å². The molecule has 0 spiro atoms. The van der Waals surface area contributed by atoms with Gasteiger partial charge in [-0.3, -0.25) is 4.79 Å². The number of hydrogen-bond acceptors (Lipinski definition) is 5. The number of nitrogens with zero attached hydrogens (tertiary/aromatic N) is 4. The lowest BCUT2D eigenvalue weighted by atomic mass is 9.92. The van der Waals surface area contributed by atoms with Crippen molar-refractivity contribution in [3.63, 3.8) is 0 Å². The molecule has 1 amide bonds. The maximum absolute atomic E-state index is 13.0. The molecule has 4 rings (SSSR count). The molecular formula is C22H30N4O2. The average Bonchev–Trinajstić information content (AvgIpc) is 2.74. The van der Waals surface area contributed by atoms with Crippen LogP contribution in [-0.2, 0) is 9.53 Å². The van der Waals surface area contributed by atoms with E-state index in [-0.39, 0.29) is 5.92 Å². The van der Waals surface area contributed by atoms with E-state index in [9.17, 15) is 4.79 Å². The van der Waals surface area contributed by atoms with Crippen LogP contribution < -0.4 is 4.90 Å². The lowest BCUT2D eigenvalue weighted by Crippen LogP contribution is -2.47. The summed E-state index contributed by atoms with van der Waals surface area (Å²) in [6.07, 6.45) is 4.00. The summed E-state index contributed by atoms with van der Waals surface area (Å²) < 4.78 is 5.30. The minimum atomic E-state index is 0.124. The predicted octanol–water partition coefficient (Wildman–Crippen LogP) is 3.04. The standard InChI is InChI=1S/C22H30N4O2/c1-16-19-7-3-4-8-20(19)24-22(23-16)25-12-9-18(10-13-25)21(27)26-11-5-6-17(14-26)15-28-2/h3-4,7-8,17-18H,5-6,9-15H2,1-2H3. The molecule has 28 heavy (non-hydrogen) atoms. The van der Waals surface area contributed by atoms with Gasteiger partial charge in [0.25, 0.3) is 0 Å². The highest BCUT2D eigenvalue weighted by Crippen LogP contribution is 2.27. The highest BCUT2D eigenvalue weighted by atomic mass is 16.5. The van der Waals surface area contributed by atoms with E-state index in [1.165, 1.54) is 0 Å². The van der Waals surface area contributed by atoms with Gasteiger partial charge in [0.15, 0.2) is 0 Å². The number of benzene rings is 1. The maximum Gasteiger partial charge on any atom is 0.226 e. The van der Waals surface area contributed by atoms with Crippen molar-refractivity contribution in [2.75, 3.05) is 44.8 Å². The summed E-state index contributed by atoms with van der Waals surface area (Å²) in [5.74, 6) is 1.73. The Bertz CT molecular complexity index is 830. The highest BCUT2D eigenvalue weighted by molar-refractivity contribution is 5.82. The predicted molar refractivity (Wildman–Crippen MR) is 110 cm³/mol. The largest absolute Gasteiger partial charge is 0.384 e. The number of anilines is 1. The zero-order chi connectivity index (χ0) is 19.5. The van der Waals surface area contributed by atoms with Gasteiger partial charge in [0, 0.05) is 44.6 Å². The Kier molecular flexibility index (Phi) is 5.76. The van der Waals surface area contributed by atoms with Crippen molar-refractivity contribution in [3.05, 3.63) is 30.0 Å². The third-order valence-corrected chi connectivity index (χ3v) is 6.14. The Morgan fingerprint density at radius 3 is 2.71 bits per heavy atom. The fourth-order valence-corrected chi connectivity index (χ4v) is 4.58. The molecule has 2 fully saturated rings. The number of rotatable bonds is 4. The summed E-state index contributed by atoms with van der Waals surface area (Å²) >= 11 is 0. The van der Waals surface area contributed by atoms with E-state index >= 15 is 0 Å². The van der Waals surface area contributed by atoms with Crippen molar-refractivity contribution in [2.24, 2.45) is 11.8 Å². The molecule has 2 aromatic rings. The molecule has 1 aromatic heterocycles. The summed E-state index contributed by atoms with van der Waals surface area (Å²) in [7, 11) is 1.74. The van der Waals surface area contributed by atoms with E-state index in [0.29, 0.717) is 11.8 Å².